The van der Waals surface area contributed by atoms with Gasteiger partial charge in [-0.25, -0.2) is 4.39 Å². The zero-order valence-corrected chi connectivity index (χ0v) is 11.0. The first-order valence-electron chi connectivity index (χ1n) is 5.49. The van der Waals surface area contributed by atoms with E-state index in [9.17, 15) is 17.6 Å². The Morgan fingerprint density at radius 2 is 2.00 bits per heavy atom. The minimum atomic E-state index is -4.66. The van der Waals surface area contributed by atoms with Crippen LogP contribution < -0.4 is 5.32 Å². The van der Waals surface area contributed by atoms with E-state index in [1.807, 2.05) is 13.2 Å². The van der Waals surface area contributed by atoms with Gasteiger partial charge in [-0.1, -0.05) is 13.0 Å². The Bertz CT molecular complexity index is 386. The van der Waals surface area contributed by atoms with Gasteiger partial charge in [0.05, 0.1) is 5.56 Å². The lowest BCUT2D eigenvalue weighted by Gasteiger charge is -2.19. The van der Waals surface area contributed by atoms with Crippen molar-refractivity contribution in [2.24, 2.45) is 0 Å². The summed E-state index contributed by atoms with van der Waals surface area (Å²) < 4.78 is 50.9. The topological polar surface area (TPSA) is 12.0 Å². The smallest absolute Gasteiger partial charge is 0.310 e. The van der Waals surface area contributed by atoms with Gasteiger partial charge in [0.25, 0.3) is 0 Å². The monoisotopic (exact) mass is 281 g/mol. The normalized spacial score (nSPS) is 13.7. The fourth-order valence-electron chi connectivity index (χ4n) is 1.66. The van der Waals surface area contributed by atoms with Crippen LogP contribution >= 0.6 is 11.8 Å². The third-order valence-electron chi connectivity index (χ3n) is 2.48. The molecule has 0 saturated carbocycles. The molecule has 0 spiro atoms. The fourth-order valence-corrected chi connectivity index (χ4v) is 2.31. The van der Waals surface area contributed by atoms with Gasteiger partial charge in [-0.3, -0.25) is 0 Å². The van der Waals surface area contributed by atoms with Gasteiger partial charge >= 0.3 is 6.18 Å². The SMILES string of the molecule is CCNC(CSC)c1ccc(F)c(C(F)(F)F)c1. The summed E-state index contributed by atoms with van der Waals surface area (Å²) in [4.78, 5) is 0. The molecule has 1 aromatic carbocycles. The van der Waals surface area contributed by atoms with Crippen molar-refractivity contribution < 1.29 is 17.6 Å². The van der Waals surface area contributed by atoms with Crippen LogP contribution in [0.3, 0.4) is 0 Å². The fraction of sp³-hybridized carbons (Fsp3) is 0.500. The minimum absolute atomic E-state index is 0.202. The summed E-state index contributed by atoms with van der Waals surface area (Å²) in [7, 11) is 0. The molecule has 102 valence electrons. The number of hydrogen-bond acceptors (Lipinski definition) is 2. The number of halogens is 4. The summed E-state index contributed by atoms with van der Waals surface area (Å²) in [6.45, 7) is 2.52. The van der Waals surface area contributed by atoms with Crippen LogP contribution in [0, 0.1) is 5.82 Å². The maximum atomic E-state index is 13.2. The number of benzene rings is 1. The second kappa shape index (κ2) is 6.43. The number of alkyl halides is 3. The molecule has 0 fully saturated rings. The highest BCUT2D eigenvalue weighted by Crippen LogP contribution is 2.33. The van der Waals surface area contributed by atoms with E-state index in [4.69, 9.17) is 0 Å². The first kappa shape index (κ1) is 15.3. The van der Waals surface area contributed by atoms with E-state index in [-0.39, 0.29) is 6.04 Å². The lowest BCUT2D eigenvalue weighted by atomic mass is 10.0. The molecule has 1 nitrogen and oxygen atoms in total. The zero-order chi connectivity index (χ0) is 13.8. The molecule has 18 heavy (non-hydrogen) atoms. The first-order chi connectivity index (χ1) is 8.40. The summed E-state index contributed by atoms with van der Waals surface area (Å²) in [5.74, 6) is -0.595. The summed E-state index contributed by atoms with van der Waals surface area (Å²) in [5, 5.41) is 3.09. The molecule has 1 unspecified atom stereocenters. The number of nitrogens with one attached hydrogen (secondary N) is 1. The molecule has 0 aromatic heterocycles. The van der Waals surface area contributed by atoms with Gasteiger partial charge in [-0.2, -0.15) is 24.9 Å². The molecule has 0 aliphatic rings. The lowest BCUT2D eigenvalue weighted by Crippen LogP contribution is -2.23. The van der Waals surface area contributed by atoms with Crippen LogP contribution in [0.1, 0.15) is 24.1 Å². The molecule has 0 bridgehead atoms. The molecular weight excluding hydrogens is 266 g/mol. The quantitative estimate of drug-likeness (QED) is 0.823. The highest BCUT2D eigenvalue weighted by atomic mass is 32.2. The van der Waals surface area contributed by atoms with Crippen molar-refractivity contribution >= 4 is 11.8 Å². The number of rotatable bonds is 5. The molecule has 0 amide bonds. The Morgan fingerprint density at radius 1 is 1.33 bits per heavy atom. The molecule has 0 saturated heterocycles. The summed E-state index contributed by atoms with van der Waals surface area (Å²) in [6.07, 6.45) is -2.78. The van der Waals surface area contributed by atoms with Crippen LogP contribution in [-0.2, 0) is 6.18 Å². The molecule has 6 heteroatoms. The van der Waals surface area contributed by atoms with E-state index in [0.717, 1.165) is 12.1 Å². The van der Waals surface area contributed by atoms with E-state index in [0.29, 0.717) is 17.9 Å². The molecule has 1 atom stereocenters. The average Bonchev–Trinajstić information content (AvgIpc) is 2.28. The van der Waals surface area contributed by atoms with Gasteiger partial charge in [0.1, 0.15) is 5.82 Å². The maximum Gasteiger partial charge on any atom is 0.419 e. The highest BCUT2D eigenvalue weighted by Gasteiger charge is 2.34. The molecule has 0 heterocycles. The molecule has 1 rings (SSSR count). The zero-order valence-electron chi connectivity index (χ0n) is 10.1. The molecule has 0 aliphatic heterocycles. The van der Waals surface area contributed by atoms with Crippen LogP contribution in [0.2, 0.25) is 0 Å². The van der Waals surface area contributed by atoms with Gasteiger partial charge in [0.15, 0.2) is 0 Å². The third-order valence-corrected chi connectivity index (χ3v) is 3.15. The average molecular weight is 281 g/mol. The van der Waals surface area contributed by atoms with Crippen LogP contribution in [-0.4, -0.2) is 18.6 Å². The first-order valence-corrected chi connectivity index (χ1v) is 6.88. The Hall–Kier alpha value is -0.750. The summed E-state index contributed by atoms with van der Waals surface area (Å²) in [6, 6.07) is 2.96. The van der Waals surface area contributed by atoms with Crippen molar-refractivity contribution in [1.29, 1.82) is 0 Å². The van der Waals surface area contributed by atoms with E-state index in [1.54, 1.807) is 0 Å². The highest BCUT2D eigenvalue weighted by molar-refractivity contribution is 7.98. The Labute approximate surface area is 108 Å². The molecule has 0 radical (unpaired) electrons. The van der Waals surface area contributed by atoms with Crippen molar-refractivity contribution in [2.75, 3.05) is 18.6 Å². The minimum Gasteiger partial charge on any atom is -0.310 e. The van der Waals surface area contributed by atoms with Crippen molar-refractivity contribution in [1.82, 2.24) is 5.32 Å². The van der Waals surface area contributed by atoms with Gasteiger partial charge in [-0.15, -0.1) is 0 Å². The third kappa shape index (κ3) is 3.88. The van der Waals surface area contributed by atoms with Gasteiger partial charge < -0.3 is 5.32 Å². The Balaban J connectivity index is 3.09. The molecule has 0 aliphatic carbocycles. The Morgan fingerprint density at radius 3 is 2.50 bits per heavy atom. The van der Waals surface area contributed by atoms with Gasteiger partial charge in [0.2, 0.25) is 0 Å². The van der Waals surface area contributed by atoms with E-state index < -0.39 is 17.6 Å². The van der Waals surface area contributed by atoms with Crippen molar-refractivity contribution in [2.45, 2.75) is 19.1 Å². The van der Waals surface area contributed by atoms with Crippen LogP contribution in [0.5, 0.6) is 0 Å². The van der Waals surface area contributed by atoms with Crippen LogP contribution in [0.25, 0.3) is 0 Å². The van der Waals surface area contributed by atoms with Crippen molar-refractivity contribution in [3.63, 3.8) is 0 Å². The predicted molar refractivity (Wildman–Crippen MR) is 66.2 cm³/mol. The number of hydrogen-bond donors (Lipinski definition) is 1. The van der Waals surface area contributed by atoms with E-state index in [2.05, 4.69) is 5.32 Å². The summed E-state index contributed by atoms with van der Waals surface area (Å²) in [5.41, 5.74) is -0.746. The lowest BCUT2D eigenvalue weighted by molar-refractivity contribution is -0.140. The molecule has 1 N–H and O–H groups in total. The second-order valence-electron chi connectivity index (χ2n) is 3.80. The summed E-state index contributed by atoms with van der Waals surface area (Å²) >= 11 is 1.52. The number of thioether (sulfide) groups is 1. The maximum absolute atomic E-state index is 13.2. The standard InChI is InChI=1S/C12H15F4NS/c1-3-17-11(7-18-2)8-4-5-10(13)9(6-8)12(14,15)16/h4-6,11,17H,3,7H2,1-2H3. The van der Waals surface area contributed by atoms with Gasteiger partial charge in [0, 0.05) is 11.8 Å². The largest absolute Gasteiger partial charge is 0.419 e. The van der Waals surface area contributed by atoms with Crippen molar-refractivity contribution in [3.05, 3.63) is 35.1 Å². The molecular formula is C12H15F4NS. The van der Waals surface area contributed by atoms with Crippen LogP contribution in [0.15, 0.2) is 18.2 Å². The second-order valence-corrected chi connectivity index (χ2v) is 4.71. The van der Waals surface area contributed by atoms with Gasteiger partial charge in [-0.05, 0) is 30.5 Å². The van der Waals surface area contributed by atoms with Crippen molar-refractivity contribution in [3.8, 4) is 0 Å². The predicted octanol–water partition coefficient (Wildman–Crippen LogP) is 3.86. The van der Waals surface area contributed by atoms with E-state index >= 15 is 0 Å². The Kier molecular flexibility index (Phi) is 5.47. The molecule has 1 aromatic rings. The van der Waals surface area contributed by atoms with E-state index in [1.165, 1.54) is 17.8 Å². The van der Waals surface area contributed by atoms with Crippen LogP contribution in [0.4, 0.5) is 17.6 Å².